The molecule has 0 aliphatic carbocycles. The number of nitrogens with one attached hydrogen (secondary N) is 1. The molecule has 106 valence electrons. The Hall–Kier alpha value is -1.31. The van der Waals surface area contributed by atoms with Crippen LogP contribution in [0.5, 0.6) is 11.5 Å². The number of benzene rings is 1. The summed E-state index contributed by atoms with van der Waals surface area (Å²) in [4.78, 5) is 0.150. The molecule has 0 bridgehead atoms. The second-order valence-electron chi connectivity index (χ2n) is 4.42. The lowest BCUT2D eigenvalue weighted by Gasteiger charge is -2.13. The highest BCUT2D eigenvalue weighted by atomic mass is 32.2. The molecule has 0 fully saturated rings. The van der Waals surface area contributed by atoms with Crippen LogP contribution in [0, 0.1) is 0 Å². The van der Waals surface area contributed by atoms with E-state index in [0.29, 0.717) is 24.7 Å². The van der Waals surface area contributed by atoms with Crippen LogP contribution in [0.3, 0.4) is 0 Å². The van der Waals surface area contributed by atoms with E-state index in [9.17, 15) is 8.42 Å². The Labute approximate surface area is 112 Å². The molecule has 0 radical (unpaired) electrons. The summed E-state index contributed by atoms with van der Waals surface area (Å²) in [5.74, 6) is 1.03. The van der Waals surface area contributed by atoms with Gasteiger partial charge in [-0.2, -0.15) is 0 Å². The minimum atomic E-state index is -3.58. The quantitative estimate of drug-likeness (QED) is 0.840. The van der Waals surface area contributed by atoms with E-state index in [0.717, 1.165) is 6.42 Å². The van der Waals surface area contributed by atoms with E-state index in [2.05, 4.69) is 4.72 Å². The van der Waals surface area contributed by atoms with Gasteiger partial charge in [-0.05, 0) is 19.1 Å². The molecule has 0 spiro atoms. The lowest BCUT2D eigenvalue weighted by atomic mass is 10.3. The monoisotopic (exact) mass is 286 g/mol. The van der Waals surface area contributed by atoms with Crippen molar-refractivity contribution in [3.05, 3.63) is 18.2 Å². The summed E-state index contributed by atoms with van der Waals surface area (Å²) in [6.45, 7) is 3.04. The Bertz CT molecular complexity index is 545. The average Bonchev–Trinajstić information content (AvgIpc) is 2.62. The SMILES string of the molecule is C[C@H](CN)NS(=O)(=O)c1ccc2c(c1)OCCCO2. The number of sulfonamides is 1. The van der Waals surface area contributed by atoms with Gasteiger partial charge < -0.3 is 15.2 Å². The van der Waals surface area contributed by atoms with E-state index in [1.54, 1.807) is 13.0 Å². The fourth-order valence-electron chi connectivity index (χ4n) is 1.69. The Morgan fingerprint density at radius 3 is 2.68 bits per heavy atom. The second kappa shape index (κ2) is 5.77. The van der Waals surface area contributed by atoms with E-state index in [4.69, 9.17) is 15.2 Å². The van der Waals surface area contributed by atoms with Crippen LogP contribution in [0.25, 0.3) is 0 Å². The molecule has 19 heavy (non-hydrogen) atoms. The van der Waals surface area contributed by atoms with Crippen LogP contribution in [0.2, 0.25) is 0 Å². The molecule has 2 rings (SSSR count). The number of rotatable bonds is 4. The number of nitrogens with two attached hydrogens (primary N) is 1. The van der Waals surface area contributed by atoms with Crippen molar-refractivity contribution >= 4 is 10.0 Å². The van der Waals surface area contributed by atoms with Crippen LogP contribution in [0.15, 0.2) is 23.1 Å². The number of ether oxygens (including phenoxy) is 2. The second-order valence-corrected chi connectivity index (χ2v) is 6.13. The number of hydrogen-bond donors (Lipinski definition) is 2. The first-order chi connectivity index (χ1) is 9.03. The number of hydrogen-bond acceptors (Lipinski definition) is 5. The highest BCUT2D eigenvalue weighted by Gasteiger charge is 2.20. The van der Waals surface area contributed by atoms with Crippen LogP contribution in [0.4, 0.5) is 0 Å². The van der Waals surface area contributed by atoms with Gasteiger partial charge in [0.25, 0.3) is 0 Å². The largest absolute Gasteiger partial charge is 0.490 e. The molecule has 3 N–H and O–H groups in total. The molecule has 0 amide bonds. The molecular weight excluding hydrogens is 268 g/mol. The van der Waals surface area contributed by atoms with Crippen molar-refractivity contribution in [3.63, 3.8) is 0 Å². The summed E-state index contributed by atoms with van der Waals surface area (Å²) in [6, 6.07) is 4.27. The summed E-state index contributed by atoms with van der Waals surface area (Å²) in [5.41, 5.74) is 5.42. The van der Waals surface area contributed by atoms with Gasteiger partial charge in [0.15, 0.2) is 11.5 Å². The summed E-state index contributed by atoms with van der Waals surface area (Å²) in [7, 11) is -3.58. The minimum Gasteiger partial charge on any atom is -0.490 e. The lowest BCUT2D eigenvalue weighted by Crippen LogP contribution is -2.37. The zero-order chi connectivity index (χ0) is 13.9. The Morgan fingerprint density at radius 2 is 2.00 bits per heavy atom. The standard InChI is InChI=1S/C12H18N2O4S/c1-9(8-13)14-19(15,16)10-3-4-11-12(7-10)18-6-2-5-17-11/h3-4,7,9,14H,2,5-6,8,13H2,1H3/t9-/m1/s1. The van der Waals surface area contributed by atoms with Gasteiger partial charge in [-0.25, -0.2) is 13.1 Å². The maximum absolute atomic E-state index is 12.1. The molecule has 0 saturated heterocycles. The van der Waals surface area contributed by atoms with Gasteiger partial charge in [0, 0.05) is 25.1 Å². The maximum atomic E-state index is 12.1. The highest BCUT2D eigenvalue weighted by molar-refractivity contribution is 7.89. The summed E-state index contributed by atoms with van der Waals surface area (Å²) >= 11 is 0. The van der Waals surface area contributed by atoms with Crippen molar-refractivity contribution in [3.8, 4) is 11.5 Å². The Kier molecular flexibility index (Phi) is 4.28. The molecule has 1 aliphatic heterocycles. The molecule has 1 atom stereocenters. The molecule has 6 nitrogen and oxygen atoms in total. The molecular formula is C12H18N2O4S. The fourth-order valence-corrected chi connectivity index (χ4v) is 2.96. The minimum absolute atomic E-state index is 0.150. The molecule has 0 aromatic heterocycles. The predicted molar refractivity (Wildman–Crippen MR) is 70.9 cm³/mol. The van der Waals surface area contributed by atoms with Crippen LogP contribution in [0.1, 0.15) is 13.3 Å². The predicted octanol–water partition coefficient (Wildman–Crippen LogP) is 0.473. The lowest BCUT2D eigenvalue weighted by molar-refractivity contribution is 0.297. The Balaban J connectivity index is 2.28. The average molecular weight is 286 g/mol. The van der Waals surface area contributed by atoms with E-state index >= 15 is 0 Å². The van der Waals surface area contributed by atoms with Crippen molar-refractivity contribution < 1.29 is 17.9 Å². The zero-order valence-corrected chi connectivity index (χ0v) is 11.6. The summed E-state index contributed by atoms with van der Waals surface area (Å²) < 4.78 is 37.6. The molecule has 1 aromatic rings. The molecule has 1 heterocycles. The van der Waals surface area contributed by atoms with Gasteiger partial charge in [-0.1, -0.05) is 0 Å². The summed E-state index contributed by atoms with van der Waals surface area (Å²) in [5, 5.41) is 0. The van der Waals surface area contributed by atoms with Crippen molar-refractivity contribution in [2.45, 2.75) is 24.3 Å². The van der Waals surface area contributed by atoms with Gasteiger partial charge in [0.2, 0.25) is 10.0 Å². The van der Waals surface area contributed by atoms with E-state index < -0.39 is 10.0 Å². The van der Waals surface area contributed by atoms with Crippen molar-refractivity contribution in [1.82, 2.24) is 4.72 Å². The summed E-state index contributed by atoms with van der Waals surface area (Å²) in [6.07, 6.45) is 0.777. The van der Waals surface area contributed by atoms with Gasteiger partial charge >= 0.3 is 0 Å². The van der Waals surface area contributed by atoms with Crippen LogP contribution >= 0.6 is 0 Å². The normalized spacial score (nSPS) is 16.7. The number of fused-ring (bicyclic) bond motifs is 1. The Morgan fingerprint density at radius 1 is 1.32 bits per heavy atom. The third kappa shape index (κ3) is 3.37. The van der Waals surface area contributed by atoms with Crippen LogP contribution < -0.4 is 19.9 Å². The molecule has 1 aliphatic rings. The van der Waals surface area contributed by atoms with Gasteiger partial charge in [-0.3, -0.25) is 0 Å². The first-order valence-corrected chi connectivity index (χ1v) is 7.63. The van der Waals surface area contributed by atoms with Crippen molar-refractivity contribution in [2.75, 3.05) is 19.8 Å². The fraction of sp³-hybridized carbons (Fsp3) is 0.500. The molecule has 0 saturated carbocycles. The highest BCUT2D eigenvalue weighted by Crippen LogP contribution is 2.31. The first-order valence-electron chi connectivity index (χ1n) is 6.15. The molecule has 1 aromatic carbocycles. The maximum Gasteiger partial charge on any atom is 0.240 e. The zero-order valence-electron chi connectivity index (χ0n) is 10.8. The van der Waals surface area contributed by atoms with E-state index in [1.807, 2.05) is 0 Å². The first kappa shape index (κ1) is 14.1. The van der Waals surface area contributed by atoms with Gasteiger partial charge in [0.1, 0.15) is 0 Å². The molecule has 7 heteroatoms. The van der Waals surface area contributed by atoms with Crippen molar-refractivity contribution in [1.29, 1.82) is 0 Å². The molecule has 0 unspecified atom stereocenters. The topological polar surface area (TPSA) is 90.7 Å². The van der Waals surface area contributed by atoms with E-state index in [1.165, 1.54) is 12.1 Å². The third-order valence-corrected chi connectivity index (χ3v) is 4.33. The van der Waals surface area contributed by atoms with Crippen LogP contribution in [-0.4, -0.2) is 34.2 Å². The van der Waals surface area contributed by atoms with Gasteiger partial charge in [-0.15, -0.1) is 0 Å². The smallest absolute Gasteiger partial charge is 0.240 e. The van der Waals surface area contributed by atoms with Gasteiger partial charge in [0.05, 0.1) is 18.1 Å². The van der Waals surface area contributed by atoms with Crippen LogP contribution in [-0.2, 0) is 10.0 Å². The van der Waals surface area contributed by atoms with Crippen molar-refractivity contribution in [2.24, 2.45) is 5.73 Å². The third-order valence-electron chi connectivity index (χ3n) is 2.74. The van der Waals surface area contributed by atoms with E-state index in [-0.39, 0.29) is 17.5 Å².